The van der Waals surface area contributed by atoms with Gasteiger partial charge >= 0.3 is 5.97 Å². The fraction of sp³-hybridized carbons (Fsp3) is 0.917. The zero-order chi connectivity index (χ0) is 34.8. The molecule has 6 fully saturated rings. The van der Waals surface area contributed by atoms with Crippen LogP contribution in [0, 0.1) is 28.6 Å². The maximum atomic E-state index is 12.9. The molecule has 7 rings (SSSR count). The van der Waals surface area contributed by atoms with Crippen LogP contribution in [0.3, 0.4) is 0 Å². The van der Waals surface area contributed by atoms with Gasteiger partial charge < -0.3 is 53.6 Å². The van der Waals surface area contributed by atoms with Gasteiger partial charge in [-0.05, 0) is 84.1 Å². The minimum Gasteiger partial charge on any atom is -0.458 e. The molecular formula is C36H56O12. The molecule has 12 heteroatoms. The Balaban J connectivity index is 1.21. The number of methoxy groups -OCH3 is 1. The van der Waals surface area contributed by atoms with Crippen molar-refractivity contribution in [3.8, 4) is 0 Å². The highest BCUT2D eigenvalue weighted by Crippen LogP contribution is 2.71. The van der Waals surface area contributed by atoms with Crippen LogP contribution in [0.4, 0.5) is 0 Å². The van der Waals surface area contributed by atoms with E-state index in [0.717, 1.165) is 5.57 Å². The topological polar surface area (TPSA) is 163 Å². The number of aliphatic hydroxyl groups excluding tert-OH is 2. The maximum Gasteiger partial charge on any atom is 0.331 e. The molecule has 12 nitrogen and oxygen atoms in total. The van der Waals surface area contributed by atoms with Crippen LogP contribution in [0.1, 0.15) is 93.4 Å². The van der Waals surface area contributed by atoms with Crippen molar-refractivity contribution < 1.29 is 58.4 Å². The summed E-state index contributed by atoms with van der Waals surface area (Å²) >= 11 is 0. The third-order valence-electron chi connectivity index (χ3n) is 13.9. The maximum absolute atomic E-state index is 12.9. The number of cyclic esters (lactones) is 1. The third-order valence-corrected chi connectivity index (χ3v) is 13.9. The van der Waals surface area contributed by atoms with Crippen molar-refractivity contribution in [2.45, 2.75) is 165 Å². The fourth-order valence-electron chi connectivity index (χ4n) is 11.4. The molecule has 4 N–H and O–H groups in total. The standard InChI is InChI=1S/C36H56O12/c1-18-27(39)28-29(48-32(4,5)47-28)30(44-18)45-20-14-24(46-31(2,3)42-8)34(7)26-22(9-11-35(34,40)15-20)36(41)12-10-21(19-13-25(38)43-17-19)33(36,6)16-23(26)37/h13,18,20-24,26-30,37,39-41H,9-12,14-17H2,1-8H3/t18-,20-,21+,22?,23+,24+,26?,27-,28+,29+,30-,33+,34+,35-,36-/m0/s1. The second-order valence-electron chi connectivity index (χ2n) is 17.2. The summed E-state index contributed by atoms with van der Waals surface area (Å²) in [5.74, 6) is -3.20. The highest BCUT2D eigenvalue weighted by Gasteiger charge is 2.75. The number of ether oxygens (including phenoxy) is 7. The van der Waals surface area contributed by atoms with Gasteiger partial charge in [-0.25, -0.2) is 4.79 Å². The average Bonchev–Trinajstić information content (AvgIpc) is 3.64. The first kappa shape index (κ1) is 35.2. The van der Waals surface area contributed by atoms with Crippen molar-refractivity contribution in [3.05, 3.63) is 11.6 Å². The predicted molar refractivity (Wildman–Crippen MR) is 169 cm³/mol. The Morgan fingerprint density at radius 1 is 1.00 bits per heavy atom. The molecule has 7 aliphatic rings. The molecule has 3 aliphatic heterocycles. The lowest BCUT2D eigenvalue weighted by molar-refractivity contribution is -0.353. The van der Waals surface area contributed by atoms with Gasteiger partial charge in [0.2, 0.25) is 0 Å². The molecule has 48 heavy (non-hydrogen) atoms. The van der Waals surface area contributed by atoms with Gasteiger partial charge in [-0.15, -0.1) is 0 Å². The summed E-state index contributed by atoms with van der Waals surface area (Å²) in [6.07, 6.45) is -0.987. The number of carbonyl (C=O) groups excluding carboxylic acids is 1. The van der Waals surface area contributed by atoms with Gasteiger partial charge in [0, 0.05) is 42.8 Å². The molecule has 272 valence electrons. The van der Waals surface area contributed by atoms with Crippen molar-refractivity contribution >= 4 is 5.97 Å². The second-order valence-corrected chi connectivity index (χ2v) is 17.2. The van der Waals surface area contributed by atoms with E-state index in [9.17, 15) is 25.2 Å². The summed E-state index contributed by atoms with van der Waals surface area (Å²) in [4.78, 5) is 12.0. The van der Waals surface area contributed by atoms with Crippen molar-refractivity contribution in [1.82, 2.24) is 0 Å². The van der Waals surface area contributed by atoms with Crippen LogP contribution in [0.2, 0.25) is 0 Å². The minimum absolute atomic E-state index is 0.0891. The Labute approximate surface area is 283 Å². The number of fused-ring (bicyclic) bond motifs is 6. The molecule has 0 radical (unpaired) electrons. The molecule has 15 atom stereocenters. The molecule has 0 spiro atoms. The number of rotatable bonds is 6. The van der Waals surface area contributed by atoms with Gasteiger partial charge in [0.15, 0.2) is 17.9 Å². The smallest absolute Gasteiger partial charge is 0.331 e. The van der Waals surface area contributed by atoms with E-state index in [1.807, 2.05) is 20.8 Å². The largest absolute Gasteiger partial charge is 0.458 e. The summed E-state index contributed by atoms with van der Waals surface area (Å²) in [5, 5.41) is 48.7. The molecular weight excluding hydrogens is 624 g/mol. The molecule has 4 aliphatic carbocycles. The summed E-state index contributed by atoms with van der Waals surface area (Å²) in [5.41, 5.74) is -3.22. The van der Waals surface area contributed by atoms with Gasteiger partial charge in [0.05, 0.1) is 35.6 Å². The Morgan fingerprint density at radius 3 is 2.38 bits per heavy atom. The van der Waals surface area contributed by atoms with Gasteiger partial charge in [-0.3, -0.25) is 0 Å². The molecule has 0 aromatic heterocycles. The normalized spacial score (nSPS) is 53.0. The Bertz CT molecular complexity index is 1320. The van der Waals surface area contributed by atoms with E-state index in [-0.39, 0.29) is 30.8 Å². The first-order chi connectivity index (χ1) is 22.3. The SMILES string of the molecule is COC(C)(C)O[C@@H]1C[C@H](O[C@@H]2O[C@@H](C)[C@H](O)[C@H]3OC(C)(C)O[C@@H]23)C[C@@]2(O)CCC3C([C@H](O)C[C@]4(C)[C@@H](C5=CC(=O)OC5)CC[C@]34O)[C@@]12C. The predicted octanol–water partition coefficient (Wildman–Crippen LogP) is 2.72. The number of carbonyl (C=O) groups is 1. The second kappa shape index (κ2) is 11.4. The highest BCUT2D eigenvalue weighted by atomic mass is 16.8. The quantitative estimate of drug-likeness (QED) is 0.185. The molecule has 0 aromatic rings. The molecule has 2 saturated heterocycles. The van der Waals surface area contributed by atoms with Gasteiger partial charge in [0.1, 0.15) is 24.9 Å². The molecule has 2 unspecified atom stereocenters. The number of hydrogen-bond acceptors (Lipinski definition) is 12. The van der Waals surface area contributed by atoms with Gasteiger partial charge in [-0.1, -0.05) is 13.8 Å². The highest BCUT2D eigenvalue weighted by molar-refractivity contribution is 5.85. The van der Waals surface area contributed by atoms with E-state index >= 15 is 0 Å². The fourth-order valence-corrected chi connectivity index (χ4v) is 11.4. The third kappa shape index (κ3) is 5.10. The van der Waals surface area contributed by atoms with Crippen molar-refractivity contribution in [3.63, 3.8) is 0 Å². The first-order valence-corrected chi connectivity index (χ1v) is 17.9. The zero-order valence-electron chi connectivity index (χ0n) is 29.6. The number of hydrogen-bond donors (Lipinski definition) is 4. The van der Waals surface area contributed by atoms with Gasteiger partial charge in [0.25, 0.3) is 0 Å². The molecule has 4 saturated carbocycles. The summed E-state index contributed by atoms with van der Waals surface area (Å²) in [6.45, 7) is 13.3. The molecule has 0 amide bonds. The van der Waals surface area contributed by atoms with E-state index in [0.29, 0.717) is 38.5 Å². The zero-order valence-corrected chi connectivity index (χ0v) is 29.6. The van der Waals surface area contributed by atoms with E-state index in [1.54, 1.807) is 34.0 Å². The lowest BCUT2D eigenvalue weighted by Gasteiger charge is -2.69. The van der Waals surface area contributed by atoms with Crippen molar-refractivity contribution in [2.24, 2.45) is 28.6 Å². The summed E-state index contributed by atoms with van der Waals surface area (Å²) < 4.78 is 42.8. The summed E-state index contributed by atoms with van der Waals surface area (Å²) in [6, 6.07) is 0. The van der Waals surface area contributed by atoms with E-state index < -0.39 is 88.5 Å². The Morgan fingerprint density at radius 2 is 1.71 bits per heavy atom. The lowest BCUT2D eigenvalue weighted by atomic mass is 9.40. The molecule has 0 bridgehead atoms. The van der Waals surface area contributed by atoms with Gasteiger partial charge in [-0.2, -0.15) is 0 Å². The van der Waals surface area contributed by atoms with Crippen LogP contribution >= 0.6 is 0 Å². The lowest BCUT2D eigenvalue weighted by Crippen LogP contribution is -2.74. The monoisotopic (exact) mass is 680 g/mol. The molecule has 0 aromatic carbocycles. The first-order valence-electron chi connectivity index (χ1n) is 17.9. The van der Waals surface area contributed by atoms with Crippen LogP contribution in [0.5, 0.6) is 0 Å². The van der Waals surface area contributed by atoms with Crippen LogP contribution in [0.25, 0.3) is 0 Å². The number of aliphatic hydroxyl groups is 4. The summed E-state index contributed by atoms with van der Waals surface area (Å²) in [7, 11) is 1.57. The van der Waals surface area contributed by atoms with Crippen molar-refractivity contribution in [1.29, 1.82) is 0 Å². The van der Waals surface area contributed by atoms with E-state index in [1.165, 1.54) is 0 Å². The number of esters is 1. The molecule has 3 heterocycles. The van der Waals surface area contributed by atoms with E-state index in [2.05, 4.69) is 6.92 Å². The van der Waals surface area contributed by atoms with Crippen LogP contribution in [-0.2, 0) is 38.0 Å². The van der Waals surface area contributed by atoms with Crippen LogP contribution in [-0.4, -0.2) is 112 Å². The van der Waals surface area contributed by atoms with E-state index in [4.69, 9.17) is 33.2 Å². The average molecular weight is 681 g/mol. The Kier molecular flexibility index (Phi) is 8.37. The Hall–Kier alpha value is -1.19. The van der Waals surface area contributed by atoms with Crippen molar-refractivity contribution in [2.75, 3.05) is 13.7 Å². The van der Waals surface area contributed by atoms with Crippen LogP contribution < -0.4 is 0 Å². The minimum atomic E-state index is -1.32. The van der Waals surface area contributed by atoms with Crippen LogP contribution in [0.15, 0.2) is 11.6 Å².